The van der Waals surface area contributed by atoms with Gasteiger partial charge in [0.15, 0.2) is 0 Å². The Morgan fingerprint density at radius 1 is 1.00 bits per heavy atom. The molecule has 1 aliphatic rings. The summed E-state index contributed by atoms with van der Waals surface area (Å²) in [5, 5.41) is 12.8. The molecule has 0 aliphatic carbocycles. The molecular formula is C26H17F6N3O4S3. The average Bonchev–Trinajstić information content (AvgIpc) is 3.48. The van der Waals surface area contributed by atoms with Gasteiger partial charge in [0.2, 0.25) is 5.91 Å². The summed E-state index contributed by atoms with van der Waals surface area (Å²) in [6.07, 6.45) is -8.60. The fourth-order valence-electron chi connectivity index (χ4n) is 3.70. The number of alkyl halides is 6. The highest BCUT2D eigenvalue weighted by Gasteiger charge is 2.37. The molecule has 1 saturated heterocycles. The standard InChI is InChI=1S/C26H17F6N3O4S3/c27-25(28,29)15-5-13(6-16(8-15)26(30,31)32)14-7-18(41-11-14)9-20-22(37)35(24(40)42-20)10-19(33)21(36)34-17-3-1-12(2-4-17)23(38)39/h1-9,11,19H,10,33H2,(H,34,36)(H,38,39)/t19-/m0/s1. The molecule has 2 amide bonds. The van der Waals surface area contributed by atoms with Crippen LogP contribution in [0.1, 0.15) is 26.4 Å². The molecule has 4 rings (SSSR count). The van der Waals surface area contributed by atoms with Gasteiger partial charge in [-0.3, -0.25) is 14.5 Å². The number of carbonyl (C=O) groups is 3. The Balaban J connectivity index is 1.48. The number of carbonyl (C=O) groups excluding carboxylic acids is 2. The number of aromatic carboxylic acids is 1. The Morgan fingerprint density at radius 3 is 2.14 bits per heavy atom. The zero-order valence-electron chi connectivity index (χ0n) is 20.7. The summed E-state index contributed by atoms with van der Waals surface area (Å²) in [6.45, 7) is -0.290. The molecule has 2 aromatic carbocycles. The number of nitrogens with zero attached hydrogens (tertiary/aromatic N) is 1. The second kappa shape index (κ2) is 11.9. The molecule has 4 N–H and O–H groups in total. The van der Waals surface area contributed by atoms with Crippen molar-refractivity contribution in [2.45, 2.75) is 18.4 Å². The Morgan fingerprint density at radius 2 is 1.60 bits per heavy atom. The van der Waals surface area contributed by atoms with Crippen molar-refractivity contribution >= 4 is 69.2 Å². The van der Waals surface area contributed by atoms with Gasteiger partial charge in [0.05, 0.1) is 28.1 Å². The zero-order valence-corrected chi connectivity index (χ0v) is 23.2. The molecule has 1 atom stereocenters. The van der Waals surface area contributed by atoms with E-state index in [0.717, 1.165) is 28.0 Å². The monoisotopic (exact) mass is 645 g/mol. The zero-order chi connectivity index (χ0) is 31.0. The summed E-state index contributed by atoms with van der Waals surface area (Å²) >= 11 is 7.12. The Bertz CT molecular complexity index is 1570. The smallest absolute Gasteiger partial charge is 0.416 e. The van der Waals surface area contributed by atoms with Gasteiger partial charge in [0.25, 0.3) is 5.91 Å². The minimum Gasteiger partial charge on any atom is -0.478 e. The van der Waals surface area contributed by atoms with Crippen molar-refractivity contribution in [1.82, 2.24) is 4.90 Å². The minimum atomic E-state index is -4.99. The first-order valence-corrected chi connectivity index (χ1v) is 13.7. The highest BCUT2D eigenvalue weighted by atomic mass is 32.2. The molecule has 7 nitrogen and oxygen atoms in total. The van der Waals surface area contributed by atoms with Crippen molar-refractivity contribution in [3.05, 3.63) is 80.4 Å². The number of benzene rings is 2. The number of thiocarbonyl (C=S) groups is 1. The van der Waals surface area contributed by atoms with Gasteiger partial charge in [-0.15, -0.1) is 11.3 Å². The normalized spacial score (nSPS) is 15.8. The molecule has 2 heterocycles. The first-order chi connectivity index (χ1) is 19.5. The van der Waals surface area contributed by atoms with E-state index in [0.29, 0.717) is 17.0 Å². The van der Waals surface area contributed by atoms with E-state index in [9.17, 15) is 40.7 Å². The third kappa shape index (κ3) is 7.18. The number of thiophene rings is 1. The summed E-state index contributed by atoms with van der Waals surface area (Å²) in [5.41, 5.74) is 3.15. The first kappa shape index (κ1) is 31.2. The summed E-state index contributed by atoms with van der Waals surface area (Å²) in [4.78, 5) is 38.0. The van der Waals surface area contributed by atoms with Crippen molar-refractivity contribution in [1.29, 1.82) is 0 Å². The molecule has 1 fully saturated rings. The molecule has 0 radical (unpaired) electrons. The topological polar surface area (TPSA) is 113 Å². The van der Waals surface area contributed by atoms with Crippen molar-refractivity contribution in [3.8, 4) is 11.1 Å². The maximum Gasteiger partial charge on any atom is 0.416 e. The molecule has 1 aromatic heterocycles. The molecule has 0 spiro atoms. The fraction of sp³-hybridized carbons (Fsp3) is 0.154. The second-order valence-corrected chi connectivity index (χ2v) is 11.4. The summed E-state index contributed by atoms with van der Waals surface area (Å²) in [7, 11) is 0. The maximum absolute atomic E-state index is 13.2. The van der Waals surface area contributed by atoms with Crippen molar-refractivity contribution in [3.63, 3.8) is 0 Å². The summed E-state index contributed by atoms with van der Waals surface area (Å²) in [5.74, 6) is -2.40. The predicted octanol–water partition coefficient (Wildman–Crippen LogP) is 6.32. The maximum atomic E-state index is 13.2. The van der Waals surface area contributed by atoms with Crippen molar-refractivity contribution in [2.24, 2.45) is 5.73 Å². The van der Waals surface area contributed by atoms with Crippen molar-refractivity contribution < 1.29 is 45.8 Å². The number of nitrogens with one attached hydrogen (secondary N) is 1. The SMILES string of the molecule is N[C@@H](CN1C(=O)C(=Cc2cc(-c3cc(C(F)(F)F)cc(C(F)(F)F)c3)cs2)SC1=S)C(=O)Nc1ccc(C(=O)O)cc1. The lowest BCUT2D eigenvalue weighted by atomic mass is 10.0. The molecule has 16 heteroatoms. The van der Waals surface area contributed by atoms with Crippen LogP contribution in [0.4, 0.5) is 32.0 Å². The van der Waals surface area contributed by atoms with Crippen LogP contribution in [0.15, 0.2) is 58.8 Å². The van der Waals surface area contributed by atoms with E-state index in [2.05, 4.69) is 5.32 Å². The van der Waals surface area contributed by atoms with Crippen LogP contribution in [0.5, 0.6) is 0 Å². The van der Waals surface area contributed by atoms with Gasteiger partial charge in [-0.05, 0) is 71.1 Å². The number of thioether (sulfide) groups is 1. The Labute approximate surface area is 247 Å². The molecule has 0 bridgehead atoms. The van der Waals surface area contributed by atoms with Gasteiger partial charge in [0, 0.05) is 10.6 Å². The van der Waals surface area contributed by atoms with Gasteiger partial charge in [-0.25, -0.2) is 4.79 Å². The first-order valence-electron chi connectivity index (χ1n) is 11.6. The van der Waals surface area contributed by atoms with Gasteiger partial charge in [0.1, 0.15) is 10.4 Å². The summed E-state index contributed by atoms with van der Waals surface area (Å²) < 4.78 is 79.6. The van der Waals surface area contributed by atoms with Crippen LogP contribution in [0, 0.1) is 0 Å². The second-order valence-electron chi connectivity index (χ2n) is 8.80. The van der Waals surface area contributed by atoms with Gasteiger partial charge in [-0.2, -0.15) is 26.3 Å². The van der Waals surface area contributed by atoms with Gasteiger partial charge >= 0.3 is 18.3 Å². The van der Waals surface area contributed by atoms with E-state index in [-0.39, 0.29) is 44.2 Å². The van der Waals surface area contributed by atoms with Crippen LogP contribution >= 0.6 is 35.3 Å². The average molecular weight is 646 g/mol. The minimum absolute atomic E-state index is 0.0143. The van der Waals surface area contributed by atoms with Crippen LogP contribution in [-0.2, 0) is 21.9 Å². The lowest BCUT2D eigenvalue weighted by Gasteiger charge is -2.19. The molecule has 42 heavy (non-hydrogen) atoms. The number of rotatable bonds is 7. The number of anilines is 1. The summed E-state index contributed by atoms with van der Waals surface area (Å²) in [6, 6.07) is 6.72. The van der Waals surface area contributed by atoms with E-state index in [1.807, 2.05) is 0 Å². The third-order valence-electron chi connectivity index (χ3n) is 5.80. The lowest BCUT2D eigenvalue weighted by Crippen LogP contribution is -2.46. The van der Waals surface area contributed by atoms with Gasteiger partial charge in [-0.1, -0.05) is 24.0 Å². The van der Waals surface area contributed by atoms with E-state index in [1.165, 1.54) is 41.8 Å². The molecule has 0 saturated carbocycles. The van der Waals surface area contributed by atoms with E-state index in [1.54, 1.807) is 0 Å². The number of halogens is 6. The molecule has 220 valence electrons. The predicted molar refractivity (Wildman–Crippen MR) is 150 cm³/mol. The number of hydrogen-bond donors (Lipinski definition) is 3. The molecule has 3 aromatic rings. The third-order valence-corrected chi connectivity index (χ3v) is 8.06. The highest BCUT2D eigenvalue weighted by Crippen LogP contribution is 2.40. The van der Waals surface area contributed by atoms with Crippen LogP contribution in [0.3, 0.4) is 0 Å². The number of nitrogens with two attached hydrogens (primary N) is 1. The quantitative estimate of drug-likeness (QED) is 0.157. The Hall–Kier alpha value is -3.73. The van der Waals surface area contributed by atoms with Crippen LogP contribution in [-0.4, -0.2) is 44.7 Å². The largest absolute Gasteiger partial charge is 0.478 e. The van der Waals surface area contributed by atoms with Crippen LogP contribution < -0.4 is 11.1 Å². The molecule has 0 unspecified atom stereocenters. The number of carboxylic acid groups (broad SMARTS) is 1. The van der Waals surface area contributed by atoms with Crippen LogP contribution in [0.25, 0.3) is 17.2 Å². The van der Waals surface area contributed by atoms with Crippen molar-refractivity contribution in [2.75, 3.05) is 11.9 Å². The van der Waals surface area contributed by atoms with E-state index < -0.39 is 47.3 Å². The van der Waals surface area contributed by atoms with E-state index in [4.69, 9.17) is 23.1 Å². The highest BCUT2D eigenvalue weighted by molar-refractivity contribution is 8.26. The fourth-order valence-corrected chi connectivity index (χ4v) is 5.89. The Kier molecular flexibility index (Phi) is 8.82. The number of hydrogen-bond acceptors (Lipinski definition) is 7. The van der Waals surface area contributed by atoms with Gasteiger partial charge < -0.3 is 16.2 Å². The van der Waals surface area contributed by atoms with E-state index >= 15 is 0 Å². The lowest BCUT2D eigenvalue weighted by molar-refractivity contribution is -0.143. The molecular weight excluding hydrogens is 628 g/mol. The van der Waals surface area contributed by atoms with Crippen LogP contribution in [0.2, 0.25) is 0 Å². The molecule has 1 aliphatic heterocycles. The number of carboxylic acids is 1. The number of amides is 2.